The largest absolute Gasteiger partial charge is 0.335 e. The molecule has 0 aliphatic heterocycles. The van der Waals surface area contributed by atoms with E-state index in [0.717, 1.165) is 38.4 Å². The van der Waals surface area contributed by atoms with Crippen molar-refractivity contribution in [3.63, 3.8) is 0 Å². The summed E-state index contributed by atoms with van der Waals surface area (Å²) in [5, 5.41) is 3.46. The van der Waals surface area contributed by atoms with Crippen molar-refractivity contribution in [2.45, 2.75) is 52.7 Å². The Bertz CT molecular complexity index is 512. The number of nitrogens with one attached hydrogen (secondary N) is 1. The fraction of sp³-hybridized carbons (Fsp3) is 0.600. The first-order valence-corrected chi connectivity index (χ1v) is 7.44. The molecule has 5 heteroatoms. The monoisotopic (exact) mass is 275 g/mol. The second-order valence-electron chi connectivity index (χ2n) is 5.29. The molecule has 0 unspecified atom stereocenters. The van der Waals surface area contributed by atoms with E-state index < -0.39 is 0 Å². The van der Waals surface area contributed by atoms with E-state index in [9.17, 15) is 0 Å². The van der Waals surface area contributed by atoms with Crippen molar-refractivity contribution in [2.24, 2.45) is 0 Å². The molecule has 0 aliphatic carbocycles. The molecule has 2 aromatic rings. The Kier molecular flexibility index (Phi) is 5.35. The molecule has 0 radical (unpaired) electrons. The summed E-state index contributed by atoms with van der Waals surface area (Å²) in [7, 11) is 0. The second kappa shape index (κ2) is 7.24. The van der Waals surface area contributed by atoms with Gasteiger partial charge in [-0.1, -0.05) is 13.8 Å². The smallest absolute Gasteiger partial charge is 0.122 e. The standard InChI is InChI=1S/C15H25N5/c1-4-19-10-7-17-14(19)12-16-6-5-9-20-11-8-18-15(20)13(2)3/h7-8,10-11,13,16H,4-6,9,12H2,1-3H3. The van der Waals surface area contributed by atoms with E-state index in [0.29, 0.717) is 5.92 Å². The van der Waals surface area contributed by atoms with Crippen LogP contribution in [-0.4, -0.2) is 25.6 Å². The molecule has 0 amide bonds. The van der Waals surface area contributed by atoms with Crippen molar-refractivity contribution in [3.05, 3.63) is 36.4 Å². The lowest BCUT2D eigenvalue weighted by Gasteiger charge is -2.11. The Hall–Kier alpha value is -1.62. The van der Waals surface area contributed by atoms with E-state index in [2.05, 4.69) is 51.4 Å². The third-order valence-corrected chi connectivity index (χ3v) is 3.44. The Morgan fingerprint density at radius 3 is 2.65 bits per heavy atom. The average Bonchev–Trinajstić information content (AvgIpc) is 3.06. The third kappa shape index (κ3) is 3.70. The average molecular weight is 275 g/mol. The van der Waals surface area contributed by atoms with Gasteiger partial charge in [0.2, 0.25) is 0 Å². The van der Waals surface area contributed by atoms with Crippen LogP contribution >= 0.6 is 0 Å². The summed E-state index contributed by atoms with van der Waals surface area (Å²) in [5.41, 5.74) is 0. The topological polar surface area (TPSA) is 47.7 Å². The van der Waals surface area contributed by atoms with E-state index in [-0.39, 0.29) is 0 Å². The van der Waals surface area contributed by atoms with Gasteiger partial charge in [-0.15, -0.1) is 0 Å². The maximum Gasteiger partial charge on any atom is 0.122 e. The lowest BCUT2D eigenvalue weighted by atomic mass is 10.2. The maximum absolute atomic E-state index is 4.41. The van der Waals surface area contributed by atoms with Gasteiger partial charge in [0.05, 0.1) is 6.54 Å². The maximum atomic E-state index is 4.41. The molecule has 0 fully saturated rings. The molecule has 2 aromatic heterocycles. The Morgan fingerprint density at radius 2 is 1.90 bits per heavy atom. The Balaban J connectivity index is 1.70. The van der Waals surface area contributed by atoms with Gasteiger partial charge in [0, 0.05) is 43.8 Å². The molecule has 0 saturated heterocycles. The van der Waals surface area contributed by atoms with E-state index in [1.807, 2.05) is 18.6 Å². The van der Waals surface area contributed by atoms with Gasteiger partial charge in [-0.3, -0.25) is 0 Å². The molecule has 20 heavy (non-hydrogen) atoms. The van der Waals surface area contributed by atoms with Crippen molar-refractivity contribution in [1.82, 2.24) is 24.4 Å². The van der Waals surface area contributed by atoms with Gasteiger partial charge in [-0.2, -0.15) is 0 Å². The van der Waals surface area contributed by atoms with Crippen molar-refractivity contribution in [1.29, 1.82) is 0 Å². The lowest BCUT2D eigenvalue weighted by molar-refractivity contribution is 0.540. The van der Waals surface area contributed by atoms with Gasteiger partial charge in [0.25, 0.3) is 0 Å². The first-order chi connectivity index (χ1) is 9.72. The normalized spacial score (nSPS) is 11.4. The van der Waals surface area contributed by atoms with Crippen LogP contribution in [0.15, 0.2) is 24.8 Å². The summed E-state index contributed by atoms with van der Waals surface area (Å²) in [5.74, 6) is 2.76. The quantitative estimate of drug-likeness (QED) is 0.753. The highest BCUT2D eigenvalue weighted by atomic mass is 15.1. The highest BCUT2D eigenvalue weighted by molar-refractivity contribution is 4.97. The van der Waals surface area contributed by atoms with Gasteiger partial charge < -0.3 is 14.5 Å². The summed E-state index contributed by atoms with van der Waals surface area (Å²) < 4.78 is 4.42. The molecule has 0 spiro atoms. The Morgan fingerprint density at radius 1 is 1.15 bits per heavy atom. The molecule has 5 nitrogen and oxygen atoms in total. The summed E-state index contributed by atoms with van der Waals surface area (Å²) in [6.07, 6.45) is 8.95. The molecule has 0 aromatic carbocycles. The molecular weight excluding hydrogens is 250 g/mol. The van der Waals surface area contributed by atoms with Crippen molar-refractivity contribution in [2.75, 3.05) is 6.54 Å². The van der Waals surface area contributed by atoms with Gasteiger partial charge in [-0.05, 0) is 19.9 Å². The van der Waals surface area contributed by atoms with Crippen LogP contribution in [0, 0.1) is 0 Å². The van der Waals surface area contributed by atoms with E-state index in [4.69, 9.17) is 0 Å². The van der Waals surface area contributed by atoms with Gasteiger partial charge >= 0.3 is 0 Å². The lowest BCUT2D eigenvalue weighted by Crippen LogP contribution is -2.19. The molecule has 2 heterocycles. The molecular formula is C15H25N5. The molecule has 110 valence electrons. The number of hydrogen-bond donors (Lipinski definition) is 1. The number of nitrogens with zero attached hydrogens (tertiary/aromatic N) is 4. The fourth-order valence-electron chi connectivity index (χ4n) is 2.38. The number of imidazole rings is 2. The van der Waals surface area contributed by atoms with Crippen molar-refractivity contribution < 1.29 is 0 Å². The van der Waals surface area contributed by atoms with Crippen molar-refractivity contribution >= 4 is 0 Å². The predicted octanol–water partition coefficient (Wildman–Crippen LogP) is 2.40. The van der Waals surface area contributed by atoms with Crippen LogP contribution in [0.4, 0.5) is 0 Å². The zero-order chi connectivity index (χ0) is 14.4. The summed E-state index contributed by atoms with van der Waals surface area (Å²) in [4.78, 5) is 8.76. The van der Waals surface area contributed by atoms with Crippen LogP contribution in [-0.2, 0) is 19.6 Å². The Labute approximate surface area is 121 Å². The zero-order valence-corrected chi connectivity index (χ0v) is 12.7. The van der Waals surface area contributed by atoms with Gasteiger partial charge in [-0.25, -0.2) is 9.97 Å². The zero-order valence-electron chi connectivity index (χ0n) is 12.7. The van der Waals surface area contributed by atoms with Crippen LogP contribution < -0.4 is 5.32 Å². The SMILES string of the molecule is CCn1ccnc1CNCCCn1ccnc1C(C)C. The molecule has 1 N–H and O–H groups in total. The molecule has 0 saturated carbocycles. The van der Waals surface area contributed by atoms with Crippen LogP contribution in [0.3, 0.4) is 0 Å². The van der Waals surface area contributed by atoms with Crippen LogP contribution in [0.5, 0.6) is 0 Å². The number of aromatic nitrogens is 4. The molecule has 0 atom stereocenters. The first-order valence-electron chi connectivity index (χ1n) is 7.44. The highest BCUT2D eigenvalue weighted by Gasteiger charge is 2.06. The first kappa shape index (κ1) is 14.8. The van der Waals surface area contributed by atoms with E-state index >= 15 is 0 Å². The minimum Gasteiger partial charge on any atom is -0.335 e. The summed E-state index contributed by atoms with van der Waals surface area (Å²) in [6.45, 7) is 10.3. The number of aryl methyl sites for hydroxylation is 2. The second-order valence-corrected chi connectivity index (χ2v) is 5.29. The van der Waals surface area contributed by atoms with Crippen LogP contribution in [0.2, 0.25) is 0 Å². The van der Waals surface area contributed by atoms with Crippen LogP contribution in [0.25, 0.3) is 0 Å². The fourth-order valence-corrected chi connectivity index (χ4v) is 2.38. The summed E-state index contributed by atoms with van der Waals surface area (Å²) >= 11 is 0. The van der Waals surface area contributed by atoms with E-state index in [1.54, 1.807) is 0 Å². The van der Waals surface area contributed by atoms with Crippen molar-refractivity contribution in [3.8, 4) is 0 Å². The minimum atomic E-state index is 0.481. The molecule has 2 rings (SSSR count). The molecule has 0 aliphatic rings. The molecule has 0 bridgehead atoms. The van der Waals surface area contributed by atoms with Crippen LogP contribution in [0.1, 0.15) is 44.8 Å². The van der Waals surface area contributed by atoms with Gasteiger partial charge in [0.1, 0.15) is 11.6 Å². The number of rotatable bonds is 8. The summed E-state index contributed by atoms with van der Waals surface area (Å²) in [6, 6.07) is 0. The predicted molar refractivity (Wildman–Crippen MR) is 80.5 cm³/mol. The van der Waals surface area contributed by atoms with Gasteiger partial charge in [0.15, 0.2) is 0 Å². The number of hydrogen-bond acceptors (Lipinski definition) is 3. The third-order valence-electron chi connectivity index (χ3n) is 3.44. The highest BCUT2D eigenvalue weighted by Crippen LogP contribution is 2.11. The minimum absolute atomic E-state index is 0.481. The van der Waals surface area contributed by atoms with E-state index in [1.165, 1.54) is 5.82 Å².